The van der Waals surface area contributed by atoms with Gasteiger partial charge in [0.05, 0.1) is 19.3 Å². The molecule has 3 heteroatoms. The van der Waals surface area contributed by atoms with Gasteiger partial charge < -0.3 is 9.64 Å². The SMILES string of the molecule is CN(C1CC1)C1CC2(C1)CN(C1COC1)C2. The Morgan fingerprint density at radius 2 is 1.81 bits per heavy atom. The Morgan fingerprint density at radius 3 is 2.31 bits per heavy atom. The van der Waals surface area contributed by atoms with Crippen molar-refractivity contribution in [3.05, 3.63) is 0 Å². The third-order valence-corrected chi connectivity index (χ3v) is 5.25. The minimum Gasteiger partial charge on any atom is -0.378 e. The summed E-state index contributed by atoms with van der Waals surface area (Å²) in [6, 6.07) is 2.62. The Morgan fingerprint density at radius 1 is 1.12 bits per heavy atom. The molecule has 90 valence electrons. The molecule has 0 aromatic heterocycles. The predicted octanol–water partition coefficient (Wildman–Crippen LogP) is 0.944. The van der Waals surface area contributed by atoms with Crippen molar-refractivity contribution in [1.82, 2.24) is 9.80 Å². The third kappa shape index (κ3) is 1.38. The number of hydrogen-bond acceptors (Lipinski definition) is 3. The largest absolute Gasteiger partial charge is 0.378 e. The van der Waals surface area contributed by atoms with Crippen LogP contribution >= 0.6 is 0 Å². The molecule has 0 radical (unpaired) electrons. The highest BCUT2D eigenvalue weighted by atomic mass is 16.5. The van der Waals surface area contributed by atoms with Crippen molar-refractivity contribution >= 4 is 0 Å². The highest BCUT2D eigenvalue weighted by Gasteiger charge is 2.56. The Labute approximate surface area is 97.7 Å². The maximum atomic E-state index is 5.26. The van der Waals surface area contributed by atoms with Gasteiger partial charge in [-0.2, -0.15) is 0 Å². The molecule has 16 heavy (non-hydrogen) atoms. The first-order valence-electron chi connectivity index (χ1n) is 6.80. The number of likely N-dealkylation sites (tertiary alicyclic amines) is 1. The lowest BCUT2D eigenvalue weighted by Crippen LogP contribution is -2.70. The van der Waals surface area contributed by atoms with E-state index < -0.39 is 0 Å². The van der Waals surface area contributed by atoms with Gasteiger partial charge in [-0.15, -0.1) is 0 Å². The fourth-order valence-corrected chi connectivity index (χ4v) is 3.77. The molecule has 4 fully saturated rings. The van der Waals surface area contributed by atoms with E-state index >= 15 is 0 Å². The van der Waals surface area contributed by atoms with Crippen LogP contribution in [-0.2, 0) is 4.74 Å². The van der Waals surface area contributed by atoms with E-state index in [4.69, 9.17) is 4.74 Å². The van der Waals surface area contributed by atoms with Crippen LogP contribution in [0.2, 0.25) is 0 Å². The van der Waals surface area contributed by atoms with Gasteiger partial charge in [-0.1, -0.05) is 0 Å². The lowest BCUT2D eigenvalue weighted by atomic mass is 9.60. The quantitative estimate of drug-likeness (QED) is 0.707. The molecule has 2 heterocycles. The summed E-state index contributed by atoms with van der Waals surface area (Å²) in [6.07, 6.45) is 5.82. The highest BCUT2D eigenvalue weighted by Crippen LogP contribution is 2.52. The molecule has 0 aromatic rings. The molecule has 2 aliphatic heterocycles. The molecular weight excluding hydrogens is 200 g/mol. The summed E-state index contributed by atoms with van der Waals surface area (Å²) in [5, 5.41) is 0. The number of ether oxygens (including phenoxy) is 1. The zero-order valence-electron chi connectivity index (χ0n) is 10.2. The van der Waals surface area contributed by atoms with Gasteiger partial charge in [-0.3, -0.25) is 4.90 Å². The van der Waals surface area contributed by atoms with Crippen molar-refractivity contribution in [3.8, 4) is 0 Å². The minimum atomic E-state index is 0.726. The van der Waals surface area contributed by atoms with E-state index in [9.17, 15) is 0 Å². The maximum absolute atomic E-state index is 5.26. The summed E-state index contributed by atoms with van der Waals surface area (Å²) in [6.45, 7) is 4.69. The van der Waals surface area contributed by atoms with E-state index in [1.165, 1.54) is 38.8 Å². The van der Waals surface area contributed by atoms with Gasteiger partial charge in [-0.25, -0.2) is 0 Å². The van der Waals surface area contributed by atoms with E-state index in [2.05, 4.69) is 16.8 Å². The van der Waals surface area contributed by atoms with Crippen molar-refractivity contribution in [1.29, 1.82) is 0 Å². The predicted molar refractivity (Wildman–Crippen MR) is 62.4 cm³/mol. The van der Waals surface area contributed by atoms with E-state index in [1.54, 1.807) is 0 Å². The molecule has 0 aromatic carbocycles. The maximum Gasteiger partial charge on any atom is 0.0645 e. The average molecular weight is 222 g/mol. The van der Waals surface area contributed by atoms with Crippen molar-refractivity contribution in [3.63, 3.8) is 0 Å². The van der Waals surface area contributed by atoms with Gasteiger partial charge in [0.1, 0.15) is 0 Å². The highest BCUT2D eigenvalue weighted by molar-refractivity contribution is 5.10. The Balaban J connectivity index is 1.27. The first-order chi connectivity index (χ1) is 7.76. The van der Waals surface area contributed by atoms with Crippen LogP contribution in [0.25, 0.3) is 0 Å². The van der Waals surface area contributed by atoms with Crippen LogP contribution in [0.5, 0.6) is 0 Å². The first-order valence-corrected chi connectivity index (χ1v) is 6.80. The van der Waals surface area contributed by atoms with Crippen molar-refractivity contribution in [2.45, 2.75) is 43.8 Å². The van der Waals surface area contributed by atoms with Gasteiger partial charge in [0.2, 0.25) is 0 Å². The molecule has 0 unspecified atom stereocenters. The molecule has 0 bridgehead atoms. The summed E-state index contributed by atoms with van der Waals surface area (Å²) in [5.74, 6) is 0. The summed E-state index contributed by atoms with van der Waals surface area (Å²) < 4.78 is 5.26. The number of hydrogen-bond donors (Lipinski definition) is 0. The van der Waals surface area contributed by atoms with Crippen LogP contribution in [0.4, 0.5) is 0 Å². The molecule has 3 nitrogen and oxygen atoms in total. The molecule has 1 spiro atoms. The molecular formula is C13H22N2O. The molecule has 2 aliphatic carbocycles. The summed E-state index contributed by atoms with van der Waals surface area (Å²) in [5.41, 5.74) is 0.726. The monoisotopic (exact) mass is 222 g/mol. The van der Waals surface area contributed by atoms with Crippen molar-refractivity contribution in [2.75, 3.05) is 33.4 Å². The summed E-state index contributed by atoms with van der Waals surface area (Å²) in [4.78, 5) is 5.29. The first kappa shape index (κ1) is 9.86. The lowest BCUT2D eigenvalue weighted by Gasteiger charge is -2.63. The summed E-state index contributed by atoms with van der Waals surface area (Å²) >= 11 is 0. The smallest absolute Gasteiger partial charge is 0.0645 e. The minimum absolute atomic E-state index is 0.726. The van der Waals surface area contributed by atoms with Crippen molar-refractivity contribution in [2.24, 2.45) is 5.41 Å². The molecule has 0 amide bonds. The lowest BCUT2D eigenvalue weighted by molar-refractivity contribution is -0.171. The molecule has 2 saturated heterocycles. The summed E-state index contributed by atoms with van der Waals surface area (Å²) in [7, 11) is 2.34. The van der Waals surface area contributed by atoms with Crippen LogP contribution in [0.1, 0.15) is 25.7 Å². The van der Waals surface area contributed by atoms with E-state index in [1.807, 2.05) is 0 Å². The van der Waals surface area contributed by atoms with Gasteiger partial charge >= 0.3 is 0 Å². The van der Waals surface area contributed by atoms with Gasteiger partial charge in [0.15, 0.2) is 0 Å². The molecule has 4 rings (SSSR count). The number of nitrogens with zero attached hydrogens (tertiary/aromatic N) is 2. The van der Waals surface area contributed by atoms with Gasteiger partial charge in [0.25, 0.3) is 0 Å². The third-order valence-electron chi connectivity index (χ3n) is 5.25. The normalized spacial score (nSPS) is 34.9. The van der Waals surface area contributed by atoms with E-state index in [-0.39, 0.29) is 0 Å². The van der Waals surface area contributed by atoms with Crippen LogP contribution in [-0.4, -0.2) is 61.3 Å². The Kier molecular flexibility index (Phi) is 1.98. The second kappa shape index (κ2) is 3.21. The molecule has 4 aliphatic rings. The Bertz CT molecular complexity index is 284. The number of rotatable bonds is 3. The standard InChI is InChI=1S/C13H22N2O/c1-14(10-2-3-10)11-4-13(5-11)8-15(9-13)12-6-16-7-12/h10-12H,2-9H2,1H3. The molecule has 0 atom stereocenters. The average Bonchev–Trinajstić information content (AvgIpc) is 2.84. The zero-order chi connectivity index (χ0) is 10.8. The molecule has 2 saturated carbocycles. The van der Waals surface area contributed by atoms with Crippen molar-refractivity contribution < 1.29 is 4.74 Å². The van der Waals surface area contributed by atoms with E-state index in [0.29, 0.717) is 0 Å². The van der Waals surface area contributed by atoms with Gasteiger partial charge in [0, 0.05) is 25.2 Å². The second-order valence-corrected chi connectivity index (χ2v) is 6.55. The van der Waals surface area contributed by atoms with Crippen LogP contribution in [0.3, 0.4) is 0 Å². The molecule has 0 N–H and O–H groups in total. The van der Waals surface area contributed by atoms with Gasteiger partial charge in [-0.05, 0) is 38.1 Å². The zero-order valence-corrected chi connectivity index (χ0v) is 10.2. The van der Waals surface area contributed by atoms with E-state index in [0.717, 1.165) is 36.8 Å². The fraction of sp³-hybridized carbons (Fsp3) is 1.00. The fourth-order valence-electron chi connectivity index (χ4n) is 3.77. The second-order valence-electron chi connectivity index (χ2n) is 6.55. The topological polar surface area (TPSA) is 15.7 Å². The van der Waals surface area contributed by atoms with Crippen LogP contribution in [0.15, 0.2) is 0 Å². The Hall–Kier alpha value is -0.120. The van der Waals surface area contributed by atoms with Crippen LogP contribution in [0, 0.1) is 5.41 Å². The van der Waals surface area contributed by atoms with Crippen LogP contribution < -0.4 is 0 Å².